The lowest BCUT2D eigenvalue weighted by atomic mass is 10.0. The van der Waals surface area contributed by atoms with Crippen LogP contribution in [0.15, 0.2) is 24.3 Å². The highest BCUT2D eigenvalue weighted by atomic mass is 16.5. The first kappa shape index (κ1) is 19.4. The van der Waals surface area contributed by atoms with Crippen LogP contribution in [0.3, 0.4) is 0 Å². The first-order chi connectivity index (χ1) is 12.3. The molecule has 1 atom stereocenters. The summed E-state index contributed by atoms with van der Waals surface area (Å²) in [5, 5.41) is 14.3. The summed E-state index contributed by atoms with van der Waals surface area (Å²) in [7, 11) is 1.33. The third kappa shape index (κ3) is 4.37. The van der Waals surface area contributed by atoms with Crippen LogP contribution in [0.25, 0.3) is 0 Å². The Balaban J connectivity index is 1.99. The molecule has 1 unspecified atom stereocenters. The predicted molar refractivity (Wildman–Crippen MR) is 92.7 cm³/mol. The van der Waals surface area contributed by atoms with E-state index < -0.39 is 23.3 Å². The maximum absolute atomic E-state index is 12.5. The minimum atomic E-state index is -1.58. The molecule has 0 bridgehead atoms. The van der Waals surface area contributed by atoms with Gasteiger partial charge in [0.25, 0.3) is 0 Å². The Bertz CT molecular complexity index is 735. The van der Waals surface area contributed by atoms with Crippen LogP contribution in [-0.4, -0.2) is 54.6 Å². The Morgan fingerprint density at radius 3 is 2.65 bits per heavy atom. The summed E-state index contributed by atoms with van der Waals surface area (Å²) in [6.45, 7) is 0.986. The number of fused-ring (bicyclic) bond motifs is 1. The van der Waals surface area contributed by atoms with Crippen molar-refractivity contribution in [3.05, 3.63) is 24.3 Å². The topological polar surface area (TPSA) is 125 Å². The van der Waals surface area contributed by atoms with Crippen molar-refractivity contribution < 1.29 is 29.0 Å². The molecule has 2 rings (SSSR count). The van der Waals surface area contributed by atoms with Crippen LogP contribution in [0.5, 0.6) is 0 Å². The largest absolute Gasteiger partial charge is 0.479 e. The number of rotatable bonds is 7. The van der Waals surface area contributed by atoms with E-state index in [-0.39, 0.29) is 31.9 Å². The number of carbonyl (C=O) groups excluding carboxylic acids is 3. The van der Waals surface area contributed by atoms with Crippen molar-refractivity contribution in [2.75, 3.05) is 30.5 Å². The van der Waals surface area contributed by atoms with E-state index in [4.69, 9.17) is 4.74 Å². The number of aliphatic carboxylic acids is 1. The van der Waals surface area contributed by atoms with Crippen molar-refractivity contribution in [1.29, 1.82) is 0 Å². The predicted octanol–water partition coefficient (Wildman–Crippen LogP) is 0.358. The normalized spacial score (nSPS) is 15.5. The third-order valence-electron chi connectivity index (χ3n) is 3.96. The Labute approximate surface area is 150 Å². The molecule has 0 saturated carbocycles. The molecule has 3 amide bonds. The third-order valence-corrected chi connectivity index (χ3v) is 3.96. The number of hydrogen-bond donors (Lipinski definition) is 3. The summed E-state index contributed by atoms with van der Waals surface area (Å²) in [6, 6.07) is 6.87. The van der Waals surface area contributed by atoms with Gasteiger partial charge in [-0.05, 0) is 19.1 Å². The smallest absolute Gasteiger partial charge is 0.331 e. The van der Waals surface area contributed by atoms with Gasteiger partial charge < -0.3 is 25.4 Å². The number of carboxylic acid groups (broad SMARTS) is 1. The van der Waals surface area contributed by atoms with Gasteiger partial charge in [-0.1, -0.05) is 12.1 Å². The van der Waals surface area contributed by atoms with Gasteiger partial charge in [0.1, 0.15) is 6.54 Å². The number of nitrogens with one attached hydrogen (secondary N) is 2. The van der Waals surface area contributed by atoms with Crippen molar-refractivity contribution in [3.8, 4) is 0 Å². The molecule has 0 radical (unpaired) electrons. The number of para-hydroxylation sites is 2. The SMILES string of the molecule is COCC(C)(NC(=O)CCC(=O)N1CC(=O)Nc2ccccc21)C(=O)O. The van der Waals surface area contributed by atoms with Gasteiger partial charge in [-0.2, -0.15) is 0 Å². The zero-order valence-corrected chi connectivity index (χ0v) is 14.6. The molecule has 0 fully saturated rings. The number of amides is 3. The van der Waals surface area contributed by atoms with Crippen LogP contribution in [0, 0.1) is 0 Å². The molecule has 3 N–H and O–H groups in total. The maximum Gasteiger partial charge on any atom is 0.331 e. The number of benzene rings is 1. The zero-order chi connectivity index (χ0) is 19.3. The minimum absolute atomic E-state index is 0.131. The Morgan fingerprint density at radius 2 is 2.00 bits per heavy atom. The van der Waals surface area contributed by atoms with E-state index in [0.717, 1.165) is 0 Å². The molecule has 0 spiro atoms. The molecule has 1 aromatic rings. The summed E-state index contributed by atoms with van der Waals surface area (Å²) in [5.74, 6) is -2.54. The van der Waals surface area contributed by atoms with E-state index in [1.54, 1.807) is 24.3 Å². The summed E-state index contributed by atoms with van der Waals surface area (Å²) in [4.78, 5) is 48.9. The molecular formula is C17H21N3O6. The molecule has 26 heavy (non-hydrogen) atoms. The van der Waals surface area contributed by atoms with E-state index in [2.05, 4.69) is 10.6 Å². The second kappa shape index (κ2) is 7.96. The molecule has 1 heterocycles. The van der Waals surface area contributed by atoms with Crippen molar-refractivity contribution in [2.24, 2.45) is 0 Å². The Hall–Kier alpha value is -2.94. The molecular weight excluding hydrogens is 342 g/mol. The summed E-state index contributed by atoms with van der Waals surface area (Å²) in [6.07, 6.45) is -0.359. The molecule has 1 aliphatic heterocycles. The number of anilines is 2. The second-order valence-corrected chi connectivity index (χ2v) is 6.16. The Kier molecular flexibility index (Phi) is 5.93. The number of methoxy groups -OCH3 is 1. The van der Waals surface area contributed by atoms with Crippen LogP contribution in [0.1, 0.15) is 19.8 Å². The van der Waals surface area contributed by atoms with Gasteiger partial charge in [-0.15, -0.1) is 0 Å². The number of ether oxygens (including phenoxy) is 1. The van der Waals surface area contributed by atoms with Crippen molar-refractivity contribution >= 4 is 35.1 Å². The molecule has 140 valence electrons. The summed E-state index contributed by atoms with van der Waals surface area (Å²) < 4.78 is 4.83. The quantitative estimate of drug-likeness (QED) is 0.642. The van der Waals surface area contributed by atoms with Gasteiger partial charge in [0.15, 0.2) is 5.54 Å². The van der Waals surface area contributed by atoms with Gasteiger partial charge in [-0.25, -0.2) is 4.79 Å². The molecule has 9 heteroatoms. The second-order valence-electron chi connectivity index (χ2n) is 6.16. The lowest BCUT2D eigenvalue weighted by molar-refractivity contribution is -0.149. The van der Waals surface area contributed by atoms with Gasteiger partial charge >= 0.3 is 5.97 Å². The van der Waals surface area contributed by atoms with Crippen molar-refractivity contribution in [2.45, 2.75) is 25.3 Å². The summed E-state index contributed by atoms with van der Waals surface area (Å²) >= 11 is 0. The number of nitrogens with zero attached hydrogens (tertiary/aromatic N) is 1. The van der Waals surface area contributed by atoms with E-state index in [1.165, 1.54) is 18.9 Å². The van der Waals surface area contributed by atoms with Gasteiger partial charge in [0.2, 0.25) is 17.7 Å². The van der Waals surface area contributed by atoms with E-state index in [1.807, 2.05) is 0 Å². The zero-order valence-electron chi connectivity index (χ0n) is 14.6. The van der Waals surface area contributed by atoms with Gasteiger partial charge in [0, 0.05) is 20.0 Å². The number of carbonyl (C=O) groups is 4. The minimum Gasteiger partial charge on any atom is -0.479 e. The first-order valence-corrected chi connectivity index (χ1v) is 7.99. The molecule has 9 nitrogen and oxygen atoms in total. The fourth-order valence-corrected chi connectivity index (χ4v) is 2.62. The highest BCUT2D eigenvalue weighted by Crippen LogP contribution is 2.29. The summed E-state index contributed by atoms with van der Waals surface area (Å²) in [5.41, 5.74) is -0.487. The number of hydrogen-bond acceptors (Lipinski definition) is 5. The Morgan fingerprint density at radius 1 is 1.31 bits per heavy atom. The van der Waals surface area contributed by atoms with Crippen LogP contribution in [0.2, 0.25) is 0 Å². The maximum atomic E-state index is 12.5. The fourth-order valence-electron chi connectivity index (χ4n) is 2.62. The van der Waals surface area contributed by atoms with Crippen molar-refractivity contribution in [3.63, 3.8) is 0 Å². The van der Waals surface area contributed by atoms with Gasteiger partial charge in [-0.3, -0.25) is 14.4 Å². The van der Waals surface area contributed by atoms with Gasteiger partial charge in [0.05, 0.1) is 18.0 Å². The average molecular weight is 363 g/mol. The lowest BCUT2D eigenvalue weighted by Gasteiger charge is -2.29. The highest BCUT2D eigenvalue weighted by Gasteiger charge is 2.35. The van der Waals surface area contributed by atoms with E-state index in [9.17, 15) is 24.3 Å². The standard InChI is InChI=1S/C17H21N3O6/c1-17(10-26-2,16(24)25)19-13(21)7-8-15(23)20-9-14(22)18-11-5-3-4-6-12(11)20/h3-6H,7-10H2,1-2H3,(H,18,22)(H,19,21)(H,24,25). The molecule has 0 saturated heterocycles. The number of carboxylic acids is 1. The van der Waals surface area contributed by atoms with E-state index >= 15 is 0 Å². The monoisotopic (exact) mass is 363 g/mol. The van der Waals surface area contributed by atoms with Crippen LogP contribution >= 0.6 is 0 Å². The molecule has 0 aromatic heterocycles. The average Bonchev–Trinajstić information content (AvgIpc) is 2.58. The van der Waals surface area contributed by atoms with Crippen LogP contribution in [0.4, 0.5) is 11.4 Å². The first-order valence-electron chi connectivity index (χ1n) is 7.99. The lowest BCUT2D eigenvalue weighted by Crippen LogP contribution is -2.55. The van der Waals surface area contributed by atoms with Crippen LogP contribution in [-0.2, 0) is 23.9 Å². The van der Waals surface area contributed by atoms with Crippen LogP contribution < -0.4 is 15.5 Å². The van der Waals surface area contributed by atoms with Crippen molar-refractivity contribution in [1.82, 2.24) is 5.32 Å². The highest BCUT2D eigenvalue weighted by molar-refractivity contribution is 6.10. The fraction of sp³-hybridized carbons (Fsp3) is 0.412. The molecule has 1 aliphatic rings. The molecule has 0 aliphatic carbocycles. The molecule has 1 aromatic carbocycles. The van der Waals surface area contributed by atoms with E-state index in [0.29, 0.717) is 11.4 Å².